The molecule has 0 aromatic heterocycles. The topological polar surface area (TPSA) is 46.3 Å². The van der Waals surface area contributed by atoms with Crippen LogP contribution in [-0.2, 0) is 4.79 Å². The van der Waals surface area contributed by atoms with Crippen LogP contribution < -0.4 is 5.73 Å². The number of amides is 1. The minimum Gasteiger partial charge on any atom is -0.399 e. The number of anilines is 1. The molecule has 0 fully saturated rings. The lowest BCUT2D eigenvalue weighted by Crippen LogP contribution is -2.37. The lowest BCUT2D eigenvalue weighted by atomic mass is 9.97. The van der Waals surface area contributed by atoms with E-state index >= 15 is 0 Å². The second-order valence-corrected chi connectivity index (χ2v) is 5.45. The molecule has 112 valence electrons. The van der Waals surface area contributed by atoms with Gasteiger partial charge < -0.3 is 10.6 Å². The molecule has 0 aliphatic heterocycles. The summed E-state index contributed by atoms with van der Waals surface area (Å²) in [5, 5.41) is 0. The number of benzene rings is 1. The molecule has 1 atom stereocenters. The average molecular weight is 276 g/mol. The van der Waals surface area contributed by atoms with Crippen LogP contribution in [0.4, 0.5) is 5.69 Å². The summed E-state index contributed by atoms with van der Waals surface area (Å²) >= 11 is 0. The van der Waals surface area contributed by atoms with Crippen LogP contribution in [-0.4, -0.2) is 23.9 Å². The van der Waals surface area contributed by atoms with E-state index in [0.717, 1.165) is 31.5 Å². The summed E-state index contributed by atoms with van der Waals surface area (Å²) in [7, 11) is 0. The molecule has 0 radical (unpaired) electrons. The Kier molecular flexibility index (Phi) is 6.56. The molecular weight excluding hydrogens is 248 g/mol. The SMILES string of the molecule is CCC(CC)CN(CC)C(=O)C(C)c1cccc(N)c1. The van der Waals surface area contributed by atoms with Crippen molar-refractivity contribution in [3.05, 3.63) is 29.8 Å². The van der Waals surface area contributed by atoms with E-state index in [1.807, 2.05) is 43.0 Å². The first-order valence-electron chi connectivity index (χ1n) is 7.67. The van der Waals surface area contributed by atoms with Crippen molar-refractivity contribution in [2.45, 2.75) is 46.5 Å². The van der Waals surface area contributed by atoms with Crippen LogP contribution in [0.3, 0.4) is 0 Å². The molecule has 0 heterocycles. The van der Waals surface area contributed by atoms with Gasteiger partial charge in [-0.1, -0.05) is 38.8 Å². The summed E-state index contributed by atoms with van der Waals surface area (Å²) < 4.78 is 0. The molecule has 3 heteroatoms. The Bertz CT molecular complexity index is 427. The normalized spacial score (nSPS) is 12.4. The first-order valence-corrected chi connectivity index (χ1v) is 7.67. The van der Waals surface area contributed by atoms with Gasteiger partial charge in [0.25, 0.3) is 0 Å². The molecule has 1 unspecified atom stereocenters. The van der Waals surface area contributed by atoms with E-state index in [1.54, 1.807) is 0 Å². The van der Waals surface area contributed by atoms with Gasteiger partial charge in [-0.3, -0.25) is 4.79 Å². The van der Waals surface area contributed by atoms with Gasteiger partial charge in [-0.25, -0.2) is 0 Å². The first-order chi connectivity index (χ1) is 9.53. The monoisotopic (exact) mass is 276 g/mol. The van der Waals surface area contributed by atoms with Gasteiger partial charge in [-0.05, 0) is 37.5 Å². The Hall–Kier alpha value is -1.51. The number of nitrogens with zero attached hydrogens (tertiary/aromatic N) is 1. The van der Waals surface area contributed by atoms with Crippen molar-refractivity contribution in [2.75, 3.05) is 18.8 Å². The summed E-state index contributed by atoms with van der Waals surface area (Å²) in [6, 6.07) is 7.63. The Morgan fingerprint density at radius 3 is 2.40 bits per heavy atom. The van der Waals surface area contributed by atoms with Gasteiger partial charge in [0.15, 0.2) is 0 Å². The van der Waals surface area contributed by atoms with E-state index in [0.29, 0.717) is 11.6 Å². The van der Waals surface area contributed by atoms with E-state index in [9.17, 15) is 4.79 Å². The number of rotatable bonds is 7. The summed E-state index contributed by atoms with van der Waals surface area (Å²) in [6.07, 6.45) is 2.24. The highest BCUT2D eigenvalue weighted by molar-refractivity contribution is 5.83. The number of carbonyl (C=O) groups excluding carboxylic acids is 1. The molecule has 0 saturated heterocycles. The summed E-state index contributed by atoms with van der Waals surface area (Å²) in [5.74, 6) is 0.657. The van der Waals surface area contributed by atoms with Crippen LogP contribution in [0.25, 0.3) is 0 Å². The Balaban J connectivity index is 2.80. The molecule has 1 amide bonds. The molecule has 20 heavy (non-hydrogen) atoms. The highest BCUT2D eigenvalue weighted by Crippen LogP contribution is 2.21. The van der Waals surface area contributed by atoms with Crippen molar-refractivity contribution >= 4 is 11.6 Å². The number of hydrogen-bond donors (Lipinski definition) is 1. The van der Waals surface area contributed by atoms with Crippen LogP contribution in [0.5, 0.6) is 0 Å². The molecule has 0 spiro atoms. The minimum absolute atomic E-state index is 0.132. The number of likely N-dealkylation sites (N-methyl/N-ethyl adjacent to an activating group) is 1. The second-order valence-electron chi connectivity index (χ2n) is 5.45. The van der Waals surface area contributed by atoms with E-state index in [4.69, 9.17) is 5.73 Å². The average Bonchev–Trinajstić information content (AvgIpc) is 2.47. The number of carbonyl (C=O) groups is 1. The predicted octanol–water partition coefficient (Wildman–Crippen LogP) is 3.66. The quantitative estimate of drug-likeness (QED) is 0.773. The van der Waals surface area contributed by atoms with Gasteiger partial charge in [-0.15, -0.1) is 0 Å². The molecular formula is C17H28N2O. The van der Waals surface area contributed by atoms with E-state index in [-0.39, 0.29) is 11.8 Å². The van der Waals surface area contributed by atoms with E-state index in [1.165, 1.54) is 0 Å². The zero-order chi connectivity index (χ0) is 15.1. The Morgan fingerprint density at radius 1 is 1.25 bits per heavy atom. The first kappa shape index (κ1) is 16.5. The fourth-order valence-electron chi connectivity index (χ4n) is 2.48. The molecule has 1 aromatic rings. The van der Waals surface area contributed by atoms with Crippen molar-refractivity contribution < 1.29 is 4.79 Å². The van der Waals surface area contributed by atoms with Crippen molar-refractivity contribution in [3.8, 4) is 0 Å². The Morgan fingerprint density at radius 2 is 1.90 bits per heavy atom. The van der Waals surface area contributed by atoms with Gasteiger partial charge in [0.1, 0.15) is 0 Å². The highest BCUT2D eigenvalue weighted by Gasteiger charge is 2.22. The van der Waals surface area contributed by atoms with Crippen LogP contribution in [0.15, 0.2) is 24.3 Å². The number of hydrogen-bond acceptors (Lipinski definition) is 2. The molecule has 0 aliphatic carbocycles. The highest BCUT2D eigenvalue weighted by atomic mass is 16.2. The van der Waals surface area contributed by atoms with Crippen LogP contribution in [0.2, 0.25) is 0 Å². The maximum absolute atomic E-state index is 12.6. The number of nitrogen functional groups attached to an aromatic ring is 1. The predicted molar refractivity (Wildman–Crippen MR) is 85.6 cm³/mol. The van der Waals surface area contributed by atoms with Gasteiger partial charge in [0.2, 0.25) is 5.91 Å². The third-order valence-electron chi connectivity index (χ3n) is 4.11. The molecule has 0 bridgehead atoms. The smallest absolute Gasteiger partial charge is 0.229 e. The van der Waals surface area contributed by atoms with Crippen LogP contribution in [0, 0.1) is 5.92 Å². The standard InChI is InChI=1S/C17H28N2O/c1-5-14(6-2)12-19(7-3)17(20)13(4)15-9-8-10-16(18)11-15/h8-11,13-14H,5-7,12,18H2,1-4H3. The fourth-order valence-corrected chi connectivity index (χ4v) is 2.48. The maximum Gasteiger partial charge on any atom is 0.229 e. The summed E-state index contributed by atoms with van der Waals surface area (Å²) in [6.45, 7) is 10.0. The van der Waals surface area contributed by atoms with Gasteiger partial charge in [0, 0.05) is 18.8 Å². The third-order valence-corrected chi connectivity index (χ3v) is 4.11. The van der Waals surface area contributed by atoms with Crippen LogP contribution in [0.1, 0.15) is 52.0 Å². The molecule has 0 aliphatic rings. The third kappa shape index (κ3) is 4.26. The lowest BCUT2D eigenvalue weighted by molar-refractivity contribution is -0.132. The summed E-state index contributed by atoms with van der Waals surface area (Å²) in [5.41, 5.74) is 7.52. The molecule has 1 aromatic carbocycles. The second kappa shape index (κ2) is 7.93. The molecule has 0 saturated carbocycles. The number of nitrogens with two attached hydrogens (primary N) is 1. The zero-order valence-electron chi connectivity index (χ0n) is 13.2. The van der Waals surface area contributed by atoms with Gasteiger partial charge >= 0.3 is 0 Å². The van der Waals surface area contributed by atoms with Crippen molar-refractivity contribution in [3.63, 3.8) is 0 Å². The maximum atomic E-state index is 12.6. The van der Waals surface area contributed by atoms with Gasteiger partial charge in [0.05, 0.1) is 5.92 Å². The Labute approximate surface area is 123 Å². The van der Waals surface area contributed by atoms with Gasteiger partial charge in [-0.2, -0.15) is 0 Å². The van der Waals surface area contributed by atoms with Crippen molar-refractivity contribution in [1.29, 1.82) is 0 Å². The minimum atomic E-state index is -0.132. The fraction of sp³-hybridized carbons (Fsp3) is 0.588. The van der Waals surface area contributed by atoms with Crippen LogP contribution >= 0.6 is 0 Å². The zero-order valence-corrected chi connectivity index (χ0v) is 13.2. The lowest BCUT2D eigenvalue weighted by Gasteiger charge is -2.28. The molecule has 3 nitrogen and oxygen atoms in total. The summed E-state index contributed by atoms with van der Waals surface area (Å²) in [4.78, 5) is 14.6. The van der Waals surface area contributed by atoms with Crippen molar-refractivity contribution in [1.82, 2.24) is 4.90 Å². The van der Waals surface area contributed by atoms with E-state index in [2.05, 4.69) is 13.8 Å². The van der Waals surface area contributed by atoms with E-state index < -0.39 is 0 Å². The molecule has 2 N–H and O–H groups in total. The molecule has 1 rings (SSSR count). The van der Waals surface area contributed by atoms with Crippen molar-refractivity contribution in [2.24, 2.45) is 5.92 Å². The largest absolute Gasteiger partial charge is 0.399 e.